The Kier molecular flexibility index (Phi) is 4.85. The molecule has 9 heteroatoms. The first-order valence-electron chi connectivity index (χ1n) is 6.53. The molecule has 2 aromatic rings. The molecule has 0 bridgehead atoms. The Balaban J connectivity index is 2.26. The van der Waals surface area contributed by atoms with E-state index < -0.39 is 27.1 Å². The van der Waals surface area contributed by atoms with E-state index in [9.17, 15) is 25.0 Å². The summed E-state index contributed by atoms with van der Waals surface area (Å²) < 4.78 is 5.04. The van der Waals surface area contributed by atoms with Gasteiger partial charge in [-0.25, -0.2) is 0 Å². The number of benzene rings is 2. The maximum Gasteiger partial charge on any atom is 0.277 e. The smallest absolute Gasteiger partial charge is 0.277 e. The maximum atomic E-state index is 12.2. The number of nitrogens with one attached hydrogen (secondary N) is 1. The zero-order chi connectivity index (χ0) is 17.7. The van der Waals surface area contributed by atoms with Gasteiger partial charge in [0.2, 0.25) is 0 Å². The number of hydrogen-bond donors (Lipinski definition) is 1. The van der Waals surface area contributed by atoms with Crippen molar-refractivity contribution in [3.8, 4) is 5.75 Å². The predicted molar refractivity (Wildman–Crippen MR) is 85.0 cm³/mol. The topological polar surface area (TPSA) is 125 Å². The van der Waals surface area contributed by atoms with Crippen molar-refractivity contribution in [2.24, 2.45) is 0 Å². The van der Waals surface area contributed by atoms with Crippen molar-refractivity contribution in [3.05, 3.63) is 81.1 Å². The van der Waals surface area contributed by atoms with Crippen molar-refractivity contribution in [3.63, 3.8) is 0 Å². The first-order valence-corrected chi connectivity index (χ1v) is 6.53. The lowest BCUT2D eigenvalue weighted by Crippen LogP contribution is -2.12. The molecule has 0 spiro atoms. The second-order valence-electron chi connectivity index (χ2n) is 4.52. The van der Waals surface area contributed by atoms with Crippen LogP contribution in [0, 0.1) is 20.2 Å². The Labute approximate surface area is 135 Å². The number of carbonyl (C=O) groups is 1. The third kappa shape index (κ3) is 3.91. The lowest BCUT2D eigenvalue weighted by atomic mass is 10.1. The van der Waals surface area contributed by atoms with Gasteiger partial charge in [-0.15, -0.1) is 0 Å². The third-order valence-corrected chi connectivity index (χ3v) is 2.92. The number of nitrogens with zero attached hydrogens (tertiary/aromatic N) is 2. The number of rotatable bonds is 6. The lowest BCUT2D eigenvalue weighted by Gasteiger charge is -2.06. The van der Waals surface area contributed by atoms with Crippen LogP contribution in [-0.2, 0) is 0 Å². The molecule has 0 aliphatic heterocycles. The SMILES string of the molecule is C=COc1ccc(NC(=O)c2cc([N+](=O)[O-])cc([N+](=O)[O-])c2)cc1. The van der Waals surface area contributed by atoms with Crippen LogP contribution in [-0.4, -0.2) is 15.8 Å². The predicted octanol–water partition coefficient (Wildman–Crippen LogP) is 3.28. The van der Waals surface area contributed by atoms with E-state index in [0.29, 0.717) is 11.4 Å². The molecule has 0 aliphatic carbocycles. The molecule has 0 aliphatic rings. The molecule has 24 heavy (non-hydrogen) atoms. The van der Waals surface area contributed by atoms with E-state index in [4.69, 9.17) is 4.74 Å². The standard InChI is InChI=1S/C15H11N3O6/c1-2-24-14-5-3-11(4-6-14)16-15(19)10-7-12(17(20)21)9-13(8-10)18(22)23/h2-9H,1H2,(H,16,19). The highest BCUT2D eigenvalue weighted by Gasteiger charge is 2.19. The van der Waals surface area contributed by atoms with E-state index in [0.717, 1.165) is 18.2 Å². The van der Waals surface area contributed by atoms with Gasteiger partial charge < -0.3 is 10.1 Å². The lowest BCUT2D eigenvalue weighted by molar-refractivity contribution is -0.394. The van der Waals surface area contributed by atoms with Crippen molar-refractivity contribution in [1.29, 1.82) is 0 Å². The van der Waals surface area contributed by atoms with Gasteiger partial charge in [-0.3, -0.25) is 25.0 Å². The summed E-state index contributed by atoms with van der Waals surface area (Å²) in [6.45, 7) is 3.41. The molecule has 0 saturated carbocycles. The second kappa shape index (κ2) is 7.01. The van der Waals surface area contributed by atoms with E-state index in [1.54, 1.807) is 24.3 Å². The number of non-ortho nitro benzene ring substituents is 2. The summed E-state index contributed by atoms with van der Waals surface area (Å²) in [5.74, 6) is -0.201. The van der Waals surface area contributed by atoms with Gasteiger partial charge in [0, 0.05) is 17.8 Å². The van der Waals surface area contributed by atoms with Crippen LogP contribution in [0.25, 0.3) is 0 Å². The Morgan fingerprint density at radius 3 is 2.04 bits per heavy atom. The molecule has 0 fully saturated rings. The number of anilines is 1. The van der Waals surface area contributed by atoms with E-state index in [2.05, 4.69) is 11.9 Å². The van der Waals surface area contributed by atoms with Crippen LogP contribution in [0.15, 0.2) is 55.3 Å². The average Bonchev–Trinajstić information content (AvgIpc) is 2.56. The largest absolute Gasteiger partial charge is 0.466 e. The summed E-state index contributed by atoms with van der Waals surface area (Å²) in [5.41, 5.74) is -0.874. The van der Waals surface area contributed by atoms with Crippen LogP contribution in [0.1, 0.15) is 10.4 Å². The Morgan fingerprint density at radius 1 is 1.04 bits per heavy atom. The van der Waals surface area contributed by atoms with Crippen LogP contribution in [0.3, 0.4) is 0 Å². The molecule has 0 radical (unpaired) electrons. The van der Waals surface area contributed by atoms with Crippen LogP contribution >= 0.6 is 0 Å². The minimum Gasteiger partial charge on any atom is -0.466 e. The Hall–Kier alpha value is -3.75. The molecule has 1 amide bonds. The molecule has 0 unspecified atom stereocenters. The fourth-order valence-corrected chi connectivity index (χ4v) is 1.85. The van der Waals surface area contributed by atoms with Crippen molar-refractivity contribution >= 4 is 23.0 Å². The number of ether oxygens (including phenoxy) is 1. The second-order valence-corrected chi connectivity index (χ2v) is 4.52. The van der Waals surface area contributed by atoms with Gasteiger partial charge in [0.05, 0.1) is 27.7 Å². The number of nitro groups is 2. The van der Waals surface area contributed by atoms with Gasteiger partial charge in [-0.2, -0.15) is 0 Å². The first-order chi connectivity index (χ1) is 11.4. The van der Waals surface area contributed by atoms with Crippen LogP contribution in [0.5, 0.6) is 5.75 Å². The molecular weight excluding hydrogens is 318 g/mol. The highest BCUT2D eigenvalue weighted by Crippen LogP contribution is 2.24. The molecule has 0 aromatic heterocycles. The van der Waals surface area contributed by atoms with Gasteiger partial charge in [0.1, 0.15) is 5.75 Å². The fraction of sp³-hybridized carbons (Fsp3) is 0. The zero-order valence-electron chi connectivity index (χ0n) is 12.2. The Morgan fingerprint density at radius 2 is 1.58 bits per heavy atom. The number of carbonyl (C=O) groups excluding carboxylic acids is 1. The minimum atomic E-state index is -0.800. The molecule has 2 aromatic carbocycles. The van der Waals surface area contributed by atoms with Crippen LogP contribution in [0.4, 0.5) is 17.1 Å². The quantitative estimate of drug-likeness (QED) is 0.492. The molecule has 0 saturated heterocycles. The summed E-state index contributed by atoms with van der Waals surface area (Å²) in [6.07, 6.45) is 1.25. The monoisotopic (exact) mass is 329 g/mol. The van der Waals surface area contributed by atoms with E-state index in [1.165, 1.54) is 6.26 Å². The minimum absolute atomic E-state index is 0.192. The number of amides is 1. The van der Waals surface area contributed by atoms with Gasteiger partial charge in [-0.1, -0.05) is 6.58 Å². The van der Waals surface area contributed by atoms with Crippen molar-refractivity contribution < 1.29 is 19.4 Å². The van der Waals surface area contributed by atoms with Crippen molar-refractivity contribution in [1.82, 2.24) is 0 Å². The highest BCUT2D eigenvalue weighted by atomic mass is 16.6. The summed E-state index contributed by atoms with van der Waals surface area (Å²) >= 11 is 0. The fourth-order valence-electron chi connectivity index (χ4n) is 1.85. The molecule has 1 N–H and O–H groups in total. The summed E-state index contributed by atoms with van der Waals surface area (Å²) in [5, 5.41) is 24.2. The molecule has 0 atom stereocenters. The zero-order valence-corrected chi connectivity index (χ0v) is 12.2. The summed E-state index contributed by atoms with van der Waals surface area (Å²) in [4.78, 5) is 32.2. The van der Waals surface area contributed by atoms with Crippen molar-refractivity contribution in [2.45, 2.75) is 0 Å². The maximum absolute atomic E-state index is 12.2. The van der Waals surface area contributed by atoms with Crippen molar-refractivity contribution in [2.75, 3.05) is 5.32 Å². The molecular formula is C15H11N3O6. The normalized spacial score (nSPS) is 9.83. The van der Waals surface area contributed by atoms with Crippen LogP contribution in [0.2, 0.25) is 0 Å². The molecule has 9 nitrogen and oxygen atoms in total. The van der Waals surface area contributed by atoms with Gasteiger partial charge >= 0.3 is 0 Å². The number of nitro benzene ring substituents is 2. The highest BCUT2D eigenvalue weighted by molar-refractivity contribution is 6.05. The first kappa shape index (κ1) is 16.6. The molecule has 0 heterocycles. The molecule has 122 valence electrons. The number of hydrogen-bond acceptors (Lipinski definition) is 6. The van der Waals surface area contributed by atoms with E-state index in [-0.39, 0.29) is 5.56 Å². The molecule has 2 rings (SSSR count). The van der Waals surface area contributed by atoms with E-state index >= 15 is 0 Å². The van der Waals surface area contributed by atoms with Gasteiger partial charge in [0.15, 0.2) is 0 Å². The van der Waals surface area contributed by atoms with Gasteiger partial charge in [0.25, 0.3) is 17.3 Å². The van der Waals surface area contributed by atoms with E-state index in [1.807, 2.05) is 0 Å². The third-order valence-electron chi connectivity index (χ3n) is 2.92. The van der Waals surface area contributed by atoms with Crippen LogP contribution < -0.4 is 10.1 Å². The summed E-state index contributed by atoms with van der Waals surface area (Å²) in [6, 6.07) is 8.97. The Bertz CT molecular complexity index is 784. The average molecular weight is 329 g/mol. The summed E-state index contributed by atoms with van der Waals surface area (Å²) in [7, 11) is 0. The van der Waals surface area contributed by atoms with Gasteiger partial charge in [-0.05, 0) is 24.3 Å².